The lowest BCUT2D eigenvalue weighted by molar-refractivity contribution is 0.0511. The van der Waals surface area contributed by atoms with E-state index in [4.69, 9.17) is 4.74 Å². The number of benzene rings is 1. The molecule has 1 unspecified atom stereocenters. The van der Waals surface area contributed by atoms with E-state index in [2.05, 4.69) is 58.6 Å². The number of guanidine groups is 1. The van der Waals surface area contributed by atoms with Crippen molar-refractivity contribution in [3.8, 4) is 0 Å². The minimum absolute atomic E-state index is 0. The van der Waals surface area contributed by atoms with Crippen LogP contribution in [0.4, 0.5) is 0 Å². The number of nitrogens with one attached hydrogen (secondary N) is 2. The second kappa shape index (κ2) is 11.4. The molecule has 1 aromatic carbocycles. The van der Waals surface area contributed by atoms with Crippen molar-refractivity contribution in [3.63, 3.8) is 0 Å². The molecule has 2 N–H and O–H groups in total. The predicted octanol–water partition coefficient (Wildman–Crippen LogP) is 3.31. The quantitative estimate of drug-likeness (QED) is 0.358. The van der Waals surface area contributed by atoms with Crippen molar-refractivity contribution < 1.29 is 4.74 Å². The minimum atomic E-state index is 0. The van der Waals surface area contributed by atoms with E-state index in [1.54, 1.807) is 0 Å². The Kier molecular flexibility index (Phi) is 9.50. The molecule has 2 saturated heterocycles. The second-order valence-electron chi connectivity index (χ2n) is 7.94. The number of aryl methyl sites for hydroxylation is 1. The molecule has 1 atom stereocenters. The molecule has 0 amide bonds. The smallest absolute Gasteiger partial charge is 0.191 e. The van der Waals surface area contributed by atoms with Crippen molar-refractivity contribution in [3.05, 3.63) is 35.4 Å². The number of likely N-dealkylation sites (tertiary alicyclic amines) is 1. The molecule has 2 aliphatic rings. The Hall–Kier alpha value is -0.860. The van der Waals surface area contributed by atoms with Crippen LogP contribution in [0.25, 0.3) is 0 Å². The zero-order valence-corrected chi connectivity index (χ0v) is 20.0. The van der Waals surface area contributed by atoms with Crippen LogP contribution in [-0.2, 0) is 10.2 Å². The summed E-state index contributed by atoms with van der Waals surface area (Å²) < 4.78 is 5.68. The molecule has 2 fully saturated rings. The average molecular weight is 500 g/mol. The van der Waals surface area contributed by atoms with Crippen LogP contribution in [0.1, 0.15) is 43.7 Å². The Morgan fingerprint density at radius 2 is 2.00 bits per heavy atom. The van der Waals surface area contributed by atoms with E-state index in [0.717, 1.165) is 51.6 Å². The molecule has 158 valence electrons. The topological polar surface area (TPSA) is 48.9 Å². The maximum absolute atomic E-state index is 5.68. The Morgan fingerprint density at radius 3 is 2.68 bits per heavy atom. The van der Waals surface area contributed by atoms with Gasteiger partial charge in [0, 0.05) is 44.8 Å². The number of aliphatic imine (C=N–C) groups is 1. The monoisotopic (exact) mass is 500 g/mol. The predicted molar refractivity (Wildman–Crippen MR) is 128 cm³/mol. The molecule has 6 heteroatoms. The van der Waals surface area contributed by atoms with Crippen LogP contribution >= 0.6 is 24.0 Å². The number of nitrogens with zero attached hydrogens (tertiary/aromatic N) is 2. The van der Waals surface area contributed by atoms with Gasteiger partial charge < -0.3 is 15.4 Å². The summed E-state index contributed by atoms with van der Waals surface area (Å²) in [6.45, 7) is 10.4. The summed E-state index contributed by atoms with van der Waals surface area (Å²) in [4.78, 5) is 7.04. The van der Waals surface area contributed by atoms with Gasteiger partial charge in [-0.2, -0.15) is 0 Å². The fraction of sp³-hybridized carbons (Fsp3) is 0.682. The molecule has 28 heavy (non-hydrogen) atoms. The van der Waals surface area contributed by atoms with Crippen LogP contribution in [0, 0.1) is 6.92 Å². The normalized spacial score (nSPS) is 22.5. The summed E-state index contributed by atoms with van der Waals surface area (Å²) in [5, 5.41) is 7.19. The highest BCUT2D eigenvalue weighted by atomic mass is 127. The number of hydrogen-bond donors (Lipinski definition) is 2. The van der Waals surface area contributed by atoms with E-state index in [-0.39, 0.29) is 29.4 Å². The second-order valence-corrected chi connectivity index (χ2v) is 7.94. The SMILES string of the molecule is CCN1CCCC1CNC(=NC)NCC1(c2ccccc2C)CCOCC1.I. The van der Waals surface area contributed by atoms with Crippen molar-refractivity contribution >= 4 is 29.9 Å². The van der Waals surface area contributed by atoms with E-state index in [1.165, 1.54) is 30.5 Å². The van der Waals surface area contributed by atoms with Crippen LogP contribution in [-0.4, -0.2) is 63.3 Å². The number of likely N-dealkylation sites (N-methyl/N-ethyl adjacent to an activating group) is 1. The third-order valence-corrected chi connectivity index (χ3v) is 6.39. The highest BCUT2D eigenvalue weighted by Gasteiger charge is 2.35. The van der Waals surface area contributed by atoms with Crippen molar-refractivity contribution in [1.29, 1.82) is 0 Å². The van der Waals surface area contributed by atoms with Gasteiger partial charge in [-0.1, -0.05) is 31.2 Å². The first-order valence-electron chi connectivity index (χ1n) is 10.5. The van der Waals surface area contributed by atoms with Crippen LogP contribution in [0.15, 0.2) is 29.3 Å². The van der Waals surface area contributed by atoms with E-state index in [1.807, 2.05) is 7.05 Å². The first kappa shape index (κ1) is 23.4. The molecule has 0 aromatic heterocycles. The largest absolute Gasteiger partial charge is 0.381 e. The molecule has 0 spiro atoms. The van der Waals surface area contributed by atoms with Crippen LogP contribution in [0.3, 0.4) is 0 Å². The minimum Gasteiger partial charge on any atom is -0.381 e. The van der Waals surface area contributed by atoms with E-state index in [0.29, 0.717) is 6.04 Å². The van der Waals surface area contributed by atoms with Crippen LogP contribution in [0.5, 0.6) is 0 Å². The molecule has 0 bridgehead atoms. The number of rotatable bonds is 6. The molecular weight excluding hydrogens is 463 g/mol. The van der Waals surface area contributed by atoms with Crippen LogP contribution < -0.4 is 10.6 Å². The summed E-state index contributed by atoms with van der Waals surface area (Å²) in [5.41, 5.74) is 2.93. The van der Waals surface area contributed by atoms with Gasteiger partial charge in [0.15, 0.2) is 5.96 Å². The lowest BCUT2D eigenvalue weighted by atomic mass is 9.72. The molecule has 0 saturated carbocycles. The summed E-state index contributed by atoms with van der Waals surface area (Å²) in [7, 11) is 1.87. The van der Waals surface area contributed by atoms with E-state index < -0.39 is 0 Å². The van der Waals surface area contributed by atoms with Crippen molar-refractivity contribution in [2.24, 2.45) is 4.99 Å². The number of ether oxygens (including phenoxy) is 1. The van der Waals surface area contributed by atoms with Crippen molar-refractivity contribution in [2.75, 3.05) is 46.4 Å². The van der Waals surface area contributed by atoms with Gasteiger partial charge in [-0.3, -0.25) is 9.89 Å². The lowest BCUT2D eigenvalue weighted by Gasteiger charge is -2.39. The number of halogens is 1. The fourth-order valence-corrected chi connectivity index (χ4v) is 4.70. The third-order valence-electron chi connectivity index (χ3n) is 6.39. The molecule has 2 heterocycles. The van der Waals surface area contributed by atoms with E-state index in [9.17, 15) is 0 Å². The summed E-state index contributed by atoms with van der Waals surface area (Å²) in [6, 6.07) is 9.42. The molecule has 5 nitrogen and oxygen atoms in total. The highest BCUT2D eigenvalue weighted by Crippen LogP contribution is 2.36. The van der Waals surface area contributed by atoms with Crippen LogP contribution in [0.2, 0.25) is 0 Å². The molecule has 2 aliphatic heterocycles. The molecule has 1 aromatic rings. The van der Waals surface area contributed by atoms with Gasteiger partial charge in [0.25, 0.3) is 0 Å². The molecule has 3 rings (SSSR count). The molecule has 0 aliphatic carbocycles. The van der Waals surface area contributed by atoms with Gasteiger partial charge in [0.2, 0.25) is 0 Å². The van der Waals surface area contributed by atoms with Gasteiger partial charge in [0.1, 0.15) is 0 Å². The fourth-order valence-electron chi connectivity index (χ4n) is 4.70. The highest BCUT2D eigenvalue weighted by molar-refractivity contribution is 14.0. The average Bonchev–Trinajstić information content (AvgIpc) is 3.17. The van der Waals surface area contributed by atoms with E-state index >= 15 is 0 Å². The summed E-state index contributed by atoms with van der Waals surface area (Å²) >= 11 is 0. The molecule has 0 radical (unpaired) electrons. The lowest BCUT2D eigenvalue weighted by Crippen LogP contribution is -2.50. The standard InChI is InChI=1S/C22H36N4O.HI/c1-4-26-13-7-9-19(26)16-24-21(23-3)25-17-22(11-14-27-15-12-22)20-10-6-5-8-18(20)2;/h5-6,8,10,19H,4,7,9,11-17H2,1-3H3,(H2,23,24,25);1H. The van der Waals surface area contributed by atoms with Gasteiger partial charge in [-0.15, -0.1) is 24.0 Å². The van der Waals surface area contributed by atoms with Gasteiger partial charge in [0.05, 0.1) is 0 Å². The zero-order valence-electron chi connectivity index (χ0n) is 17.7. The third kappa shape index (κ3) is 5.60. The Balaban J connectivity index is 0.00000280. The Labute approximate surface area is 187 Å². The van der Waals surface area contributed by atoms with Crippen molar-refractivity contribution in [1.82, 2.24) is 15.5 Å². The summed E-state index contributed by atoms with van der Waals surface area (Å²) in [6.07, 6.45) is 4.69. The van der Waals surface area contributed by atoms with Gasteiger partial charge in [-0.05, 0) is 56.8 Å². The van der Waals surface area contributed by atoms with Gasteiger partial charge in [-0.25, -0.2) is 0 Å². The maximum atomic E-state index is 5.68. The van der Waals surface area contributed by atoms with Crippen molar-refractivity contribution in [2.45, 2.75) is 51.0 Å². The first-order valence-corrected chi connectivity index (χ1v) is 10.5. The molecular formula is C22H37IN4O. The first-order chi connectivity index (χ1) is 13.2. The Bertz CT molecular complexity index is 631. The summed E-state index contributed by atoms with van der Waals surface area (Å²) in [5.74, 6) is 0.914. The van der Waals surface area contributed by atoms with Gasteiger partial charge >= 0.3 is 0 Å². The zero-order chi connectivity index (χ0) is 19.1. The Morgan fingerprint density at radius 1 is 1.25 bits per heavy atom. The number of hydrogen-bond acceptors (Lipinski definition) is 3. The maximum Gasteiger partial charge on any atom is 0.191 e.